The molecule has 0 spiro atoms. The van der Waals surface area contributed by atoms with Gasteiger partial charge in [-0.25, -0.2) is 0 Å². The zero-order chi connectivity index (χ0) is 21.8. The summed E-state index contributed by atoms with van der Waals surface area (Å²) < 4.78 is 11.6. The van der Waals surface area contributed by atoms with E-state index in [1.165, 1.54) is 6.20 Å². The predicted octanol–water partition coefficient (Wildman–Crippen LogP) is 6.13. The van der Waals surface area contributed by atoms with Gasteiger partial charge in [0.05, 0.1) is 27.4 Å². The van der Waals surface area contributed by atoms with E-state index < -0.39 is 0 Å². The summed E-state index contributed by atoms with van der Waals surface area (Å²) in [4.78, 5) is 16.6. The van der Waals surface area contributed by atoms with E-state index >= 15 is 0 Å². The molecule has 0 bridgehead atoms. The topological polar surface area (TPSA) is 60.5 Å². The van der Waals surface area contributed by atoms with E-state index in [2.05, 4.69) is 10.3 Å². The van der Waals surface area contributed by atoms with Gasteiger partial charge < -0.3 is 14.8 Å². The highest BCUT2D eigenvalue weighted by Crippen LogP contribution is 2.37. The van der Waals surface area contributed by atoms with Crippen LogP contribution in [0.2, 0.25) is 15.1 Å². The molecule has 1 aliphatic heterocycles. The van der Waals surface area contributed by atoms with Gasteiger partial charge in [-0.05, 0) is 54.8 Å². The number of carbonyl (C=O) groups excluding carboxylic acids is 1. The minimum Gasteiger partial charge on any atom is -0.493 e. The number of rotatable bonds is 6. The van der Waals surface area contributed by atoms with Crippen molar-refractivity contribution in [3.05, 3.63) is 80.6 Å². The Hall–Kier alpha value is -2.47. The number of aromatic nitrogens is 1. The van der Waals surface area contributed by atoms with Crippen LogP contribution in [0.25, 0.3) is 0 Å². The Morgan fingerprint density at radius 3 is 2.68 bits per heavy atom. The van der Waals surface area contributed by atoms with Crippen LogP contribution in [0.15, 0.2) is 48.7 Å². The van der Waals surface area contributed by atoms with Crippen LogP contribution in [0.1, 0.15) is 28.0 Å². The summed E-state index contributed by atoms with van der Waals surface area (Å²) in [5, 5.41) is 4.34. The highest BCUT2D eigenvalue weighted by atomic mass is 35.5. The summed E-state index contributed by atoms with van der Waals surface area (Å²) in [5.41, 5.74) is 2.29. The minimum atomic E-state index is -0.197. The summed E-state index contributed by atoms with van der Waals surface area (Å²) >= 11 is 18.3. The molecule has 1 N–H and O–H groups in total. The van der Waals surface area contributed by atoms with Gasteiger partial charge in [-0.15, -0.1) is 0 Å². The van der Waals surface area contributed by atoms with Crippen LogP contribution in [-0.2, 0) is 12.8 Å². The highest BCUT2D eigenvalue weighted by Gasteiger charge is 2.15. The van der Waals surface area contributed by atoms with Crippen molar-refractivity contribution in [3.8, 4) is 17.2 Å². The maximum Gasteiger partial charge on any atom is 0.251 e. The average molecular weight is 478 g/mol. The van der Waals surface area contributed by atoms with Crippen LogP contribution in [0, 0.1) is 0 Å². The number of nitrogens with one attached hydrogen (secondary N) is 1. The van der Waals surface area contributed by atoms with Crippen molar-refractivity contribution in [1.29, 1.82) is 0 Å². The first-order valence-corrected chi connectivity index (χ1v) is 10.9. The van der Waals surface area contributed by atoms with Crippen molar-refractivity contribution in [3.63, 3.8) is 0 Å². The largest absolute Gasteiger partial charge is 0.493 e. The van der Waals surface area contributed by atoms with E-state index in [0.717, 1.165) is 24.2 Å². The van der Waals surface area contributed by atoms with Crippen LogP contribution >= 0.6 is 34.8 Å². The molecule has 1 amide bonds. The Morgan fingerprint density at radius 2 is 1.90 bits per heavy atom. The third kappa shape index (κ3) is 5.42. The zero-order valence-corrected chi connectivity index (χ0v) is 18.7. The molecule has 2 aromatic carbocycles. The molecule has 3 aromatic rings. The maximum absolute atomic E-state index is 12.4. The molecule has 1 aromatic heterocycles. The number of ether oxygens (including phenoxy) is 2. The quantitative estimate of drug-likeness (QED) is 0.464. The second-order valence-electron chi connectivity index (χ2n) is 7.06. The lowest BCUT2D eigenvalue weighted by molar-refractivity contribution is 0.0954. The molecule has 8 heteroatoms. The molecule has 0 unspecified atom stereocenters. The first kappa shape index (κ1) is 21.8. The summed E-state index contributed by atoms with van der Waals surface area (Å²) in [7, 11) is 0. The molecule has 0 atom stereocenters. The van der Waals surface area contributed by atoms with E-state index in [-0.39, 0.29) is 5.91 Å². The van der Waals surface area contributed by atoms with Crippen molar-refractivity contribution in [2.24, 2.45) is 0 Å². The first-order valence-electron chi connectivity index (χ1n) is 9.81. The normalized spacial score (nSPS) is 12.6. The van der Waals surface area contributed by atoms with Crippen LogP contribution in [0.3, 0.4) is 0 Å². The van der Waals surface area contributed by atoms with Crippen LogP contribution in [0.5, 0.6) is 17.2 Å². The van der Waals surface area contributed by atoms with E-state index in [1.54, 1.807) is 30.3 Å². The smallest absolute Gasteiger partial charge is 0.251 e. The Labute approximate surface area is 195 Å². The van der Waals surface area contributed by atoms with Gasteiger partial charge in [0.15, 0.2) is 0 Å². The number of halogens is 3. The molecule has 0 radical (unpaired) electrons. The van der Waals surface area contributed by atoms with Gasteiger partial charge >= 0.3 is 0 Å². The average Bonchev–Trinajstić information content (AvgIpc) is 2.76. The van der Waals surface area contributed by atoms with E-state index in [1.807, 2.05) is 12.1 Å². The molecule has 0 fully saturated rings. The predicted molar refractivity (Wildman–Crippen MR) is 122 cm³/mol. The lowest BCUT2D eigenvalue weighted by atomic mass is 10.1. The third-order valence-corrected chi connectivity index (χ3v) is 5.67. The molecule has 160 valence electrons. The fourth-order valence-corrected chi connectivity index (χ4v) is 3.95. The van der Waals surface area contributed by atoms with Gasteiger partial charge in [0.1, 0.15) is 17.2 Å². The van der Waals surface area contributed by atoms with Gasteiger partial charge in [0.25, 0.3) is 5.91 Å². The number of hydrogen-bond acceptors (Lipinski definition) is 4. The first-order chi connectivity index (χ1) is 15.0. The lowest BCUT2D eigenvalue weighted by Crippen LogP contribution is -2.25. The van der Waals surface area contributed by atoms with Gasteiger partial charge in [-0.1, -0.05) is 34.8 Å². The monoisotopic (exact) mass is 476 g/mol. The second kappa shape index (κ2) is 9.77. The number of carbonyl (C=O) groups is 1. The summed E-state index contributed by atoms with van der Waals surface area (Å²) in [5.74, 6) is 1.70. The fourth-order valence-electron chi connectivity index (χ4n) is 3.25. The Kier molecular flexibility index (Phi) is 6.86. The van der Waals surface area contributed by atoms with Gasteiger partial charge in [-0.2, -0.15) is 0 Å². The van der Waals surface area contributed by atoms with E-state index in [4.69, 9.17) is 44.3 Å². The second-order valence-corrected chi connectivity index (χ2v) is 8.31. The summed E-state index contributed by atoms with van der Waals surface area (Å²) in [6.45, 7) is 1.09. The Morgan fingerprint density at radius 1 is 1.10 bits per heavy atom. The van der Waals surface area contributed by atoms with Crippen molar-refractivity contribution >= 4 is 40.7 Å². The summed E-state index contributed by atoms with van der Waals surface area (Å²) in [6.07, 6.45) is 3.96. The van der Waals surface area contributed by atoms with Crippen molar-refractivity contribution in [2.45, 2.75) is 19.3 Å². The molecule has 0 saturated heterocycles. The number of fused-ring (bicyclic) bond motifs is 1. The standard InChI is InChI=1S/C23H19Cl3N2O3/c24-16-11-18(25)20(28-13-16)7-8-27-23(29)14-3-5-17(6-4-14)31-22-12-21-15(10-19(22)26)2-1-9-30-21/h3-6,10-13H,1-2,7-9H2,(H,27,29). The number of benzene rings is 2. The molecular formula is C23H19Cl3N2O3. The molecular weight excluding hydrogens is 459 g/mol. The minimum absolute atomic E-state index is 0.197. The Bertz CT molecular complexity index is 1100. The van der Waals surface area contributed by atoms with Gasteiger partial charge in [-0.3, -0.25) is 9.78 Å². The van der Waals surface area contributed by atoms with Gasteiger partial charge in [0, 0.05) is 30.8 Å². The number of hydrogen-bond donors (Lipinski definition) is 1. The van der Waals surface area contributed by atoms with Crippen molar-refractivity contribution in [2.75, 3.05) is 13.2 Å². The number of amides is 1. The van der Waals surface area contributed by atoms with Crippen molar-refractivity contribution in [1.82, 2.24) is 10.3 Å². The molecule has 2 heterocycles. The van der Waals surface area contributed by atoms with E-state index in [9.17, 15) is 4.79 Å². The molecule has 1 aliphatic rings. The number of pyridine rings is 1. The fraction of sp³-hybridized carbons (Fsp3) is 0.217. The van der Waals surface area contributed by atoms with E-state index in [0.29, 0.717) is 57.4 Å². The van der Waals surface area contributed by atoms with Crippen LogP contribution in [-0.4, -0.2) is 24.0 Å². The third-order valence-electron chi connectivity index (χ3n) is 4.84. The molecule has 0 aliphatic carbocycles. The summed E-state index contributed by atoms with van der Waals surface area (Å²) in [6, 6.07) is 12.2. The number of aryl methyl sites for hydroxylation is 1. The molecule has 31 heavy (non-hydrogen) atoms. The van der Waals surface area contributed by atoms with Gasteiger partial charge in [0.2, 0.25) is 0 Å². The van der Waals surface area contributed by atoms with Crippen LogP contribution < -0.4 is 14.8 Å². The van der Waals surface area contributed by atoms with Crippen LogP contribution in [0.4, 0.5) is 0 Å². The Balaban J connectivity index is 1.35. The van der Waals surface area contributed by atoms with Crippen molar-refractivity contribution < 1.29 is 14.3 Å². The number of nitrogens with zero attached hydrogens (tertiary/aromatic N) is 1. The molecule has 0 saturated carbocycles. The maximum atomic E-state index is 12.4. The molecule has 5 nitrogen and oxygen atoms in total. The SMILES string of the molecule is O=C(NCCc1ncc(Cl)cc1Cl)c1ccc(Oc2cc3c(cc2Cl)CCCO3)cc1. The lowest BCUT2D eigenvalue weighted by Gasteiger charge is -2.19. The highest BCUT2D eigenvalue weighted by molar-refractivity contribution is 6.34. The molecule has 4 rings (SSSR count). The zero-order valence-electron chi connectivity index (χ0n) is 16.5.